The molecule has 0 aromatic heterocycles. The van der Waals surface area contributed by atoms with Crippen LogP contribution >= 0.6 is 0 Å². The molecule has 4 rings (SSSR count). The van der Waals surface area contributed by atoms with Crippen LogP contribution in [-0.2, 0) is 10.0 Å². The van der Waals surface area contributed by atoms with Crippen LogP contribution in [0.1, 0.15) is 20.7 Å². The van der Waals surface area contributed by atoms with Gasteiger partial charge in [0, 0.05) is 5.56 Å². The molecule has 0 heterocycles. The maximum Gasteiger partial charge on any atom is 0.343 e. The first-order valence-electron chi connectivity index (χ1n) is 10.1. The average Bonchev–Trinajstić information content (AvgIpc) is 2.86. The molecule has 170 valence electrons. The summed E-state index contributed by atoms with van der Waals surface area (Å²) >= 11 is 0. The summed E-state index contributed by atoms with van der Waals surface area (Å²) in [7, 11) is -4.39. The first-order valence-corrected chi connectivity index (χ1v) is 11.6. The number of hydrogen-bond acceptors (Lipinski definition) is 5. The highest BCUT2D eigenvalue weighted by molar-refractivity contribution is 7.93. The van der Waals surface area contributed by atoms with Crippen molar-refractivity contribution in [3.63, 3.8) is 0 Å². The van der Waals surface area contributed by atoms with E-state index in [2.05, 4.69) is 0 Å². The molecule has 0 unspecified atom stereocenters. The Labute approximate surface area is 195 Å². The van der Waals surface area contributed by atoms with Gasteiger partial charge in [-0.15, -0.1) is 0 Å². The van der Waals surface area contributed by atoms with Crippen LogP contribution in [-0.4, -0.2) is 20.3 Å². The van der Waals surface area contributed by atoms with Crippen LogP contribution in [0.15, 0.2) is 114 Å². The zero-order chi connectivity index (χ0) is 24.1. The molecule has 0 N–H and O–H groups in total. The molecular formula is C26H18FNO5S. The summed E-state index contributed by atoms with van der Waals surface area (Å²) in [5.74, 6) is -1.81. The molecule has 0 aliphatic carbocycles. The van der Waals surface area contributed by atoms with Crippen molar-refractivity contribution in [2.75, 3.05) is 4.31 Å². The molecule has 4 aromatic carbocycles. The molecule has 8 heteroatoms. The SMILES string of the molecule is O=C(Oc1ccc(N(C(=O)c2ccccc2)S(=O)(=O)c2ccc(F)cc2)cc1)c1ccccc1. The van der Waals surface area contributed by atoms with Gasteiger partial charge in [0.1, 0.15) is 11.6 Å². The van der Waals surface area contributed by atoms with E-state index >= 15 is 0 Å². The van der Waals surface area contributed by atoms with E-state index < -0.39 is 27.7 Å². The Kier molecular flexibility index (Phi) is 6.51. The number of carbonyl (C=O) groups excluding carboxylic acids is 2. The molecule has 0 saturated heterocycles. The standard InChI is InChI=1S/C26H18FNO5S/c27-21-11-17-24(18-12-21)34(31,32)28(25(29)19-7-3-1-4-8-19)22-13-15-23(16-14-22)33-26(30)20-9-5-2-6-10-20/h1-18H. The van der Waals surface area contributed by atoms with E-state index in [0.29, 0.717) is 9.87 Å². The van der Waals surface area contributed by atoms with Crippen molar-refractivity contribution >= 4 is 27.6 Å². The summed E-state index contributed by atoms with van der Waals surface area (Å²) < 4.78 is 46.2. The summed E-state index contributed by atoms with van der Waals surface area (Å²) in [6.07, 6.45) is 0. The number of nitrogens with zero attached hydrogens (tertiary/aromatic N) is 1. The van der Waals surface area contributed by atoms with Crippen molar-refractivity contribution in [3.8, 4) is 5.75 Å². The Balaban J connectivity index is 1.70. The van der Waals surface area contributed by atoms with Crippen molar-refractivity contribution in [2.45, 2.75) is 4.90 Å². The van der Waals surface area contributed by atoms with Gasteiger partial charge in [0.15, 0.2) is 0 Å². The first kappa shape index (κ1) is 22.9. The molecule has 0 fully saturated rings. The monoisotopic (exact) mass is 475 g/mol. The largest absolute Gasteiger partial charge is 0.423 e. The minimum absolute atomic E-state index is 0.0256. The van der Waals surface area contributed by atoms with Gasteiger partial charge in [-0.05, 0) is 72.8 Å². The lowest BCUT2D eigenvalue weighted by molar-refractivity contribution is 0.0734. The van der Waals surface area contributed by atoms with Gasteiger partial charge in [-0.3, -0.25) is 4.79 Å². The van der Waals surface area contributed by atoms with E-state index in [-0.39, 0.29) is 21.9 Å². The summed E-state index contributed by atoms with van der Waals surface area (Å²) in [6, 6.07) is 26.0. The fraction of sp³-hybridized carbons (Fsp3) is 0. The lowest BCUT2D eigenvalue weighted by atomic mass is 10.2. The third-order valence-electron chi connectivity index (χ3n) is 4.85. The molecule has 34 heavy (non-hydrogen) atoms. The molecule has 0 aliphatic rings. The summed E-state index contributed by atoms with van der Waals surface area (Å²) in [5, 5.41) is 0. The number of ether oxygens (including phenoxy) is 1. The maximum absolute atomic E-state index is 13.4. The molecule has 4 aromatic rings. The lowest BCUT2D eigenvalue weighted by Crippen LogP contribution is -2.37. The molecule has 0 saturated carbocycles. The Morgan fingerprint density at radius 3 is 1.76 bits per heavy atom. The van der Waals surface area contributed by atoms with Gasteiger partial charge in [0.25, 0.3) is 15.9 Å². The van der Waals surface area contributed by atoms with E-state index in [0.717, 1.165) is 24.3 Å². The first-order chi connectivity index (χ1) is 16.4. The average molecular weight is 475 g/mol. The maximum atomic E-state index is 13.4. The van der Waals surface area contributed by atoms with Crippen molar-refractivity contribution in [3.05, 3.63) is 126 Å². The Hall–Kier alpha value is -4.30. The highest BCUT2D eigenvalue weighted by Crippen LogP contribution is 2.28. The Morgan fingerprint density at radius 1 is 0.676 bits per heavy atom. The number of sulfonamides is 1. The molecular weight excluding hydrogens is 457 g/mol. The van der Waals surface area contributed by atoms with Gasteiger partial charge >= 0.3 is 5.97 Å². The fourth-order valence-corrected chi connectivity index (χ4v) is 4.58. The number of amides is 1. The number of benzene rings is 4. The normalized spacial score (nSPS) is 11.0. The molecule has 1 amide bonds. The number of rotatable bonds is 6. The van der Waals surface area contributed by atoms with E-state index in [9.17, 15) is 22.4 Å². The molecule has 6 nitrogen and oxygen atoms in total. The minimum Gasteiger partial charge on any atom is -0.423 e. The zero-order valence-electron chi connectivity index (χ0n) is 17.7. The minimum atomic E-state index is -4.39. The van der Waals surface area contributed by atoms with Crippen LogP contribution in [0.2, 0.25) is 0 Å². The third-order valence-corrected chi connectivity index (χ3v) is 6.57. The second-order valence-electron chi connectivity index (χ2n) is 7.14. The summed E-state index contributed by atoms with van der Waals surface area (Å²) in [4.78, 5) is 25.3. The van der Waals surface area contributed by atoms with Crippen molar-refractivity contribution in [2.24, 2.45) is 0 Å². The molecule has 0 spiro atoms. The van der Waals surface area contributed by atoms with Gasteiger partial charge < -0.3 is 4.74 Å². The second-order valence-corrected chi connectivity index (χ2v) is 8.93. The number of esters is 1. The van der Waals surface area contributed by atoms with Gasteiger partial charge in [-0.1, -0.05) is 36.4 Å². The van der Waals surface area contributed by atoms with Crippen LogP contribution in [0.3, 0.4) is 0 Å². The fourth-order valence-electron chi connectivity index (χ4n) is 3.16. The second kappa shape index (κ2) is 9.68. The number of carbonyl (C=O) groups is 2. The van der Waals surface area contributed by atoms with Crippen molar-refractivity contribution in [1.82, 2.24) is 0 Å². The van der Waals surface area contributed by atoms with Gasteiger partial charge in [0.2, 0.25) is 0 Å². The quantitative estimate of drug-likeness (QED) is 0.287. The predicted octanol–water partition coefficient (Wildman–Crippen LogP) is 5.08. The van der Waals surface area contributed by atoms with Gasteiger partial charge in [-0.25, -0.2) is 17.6 Å². The predicted molar refractivity (Wildman–Crippen MR) is 125 cm³/mol. The number of hydrogen-bond donors (Lipinski definition) is 0. The van der Waals surface area contributed by atoms with E-state index in [1.807, 2.05) is 0 Å². The van der Waals surface area contributed by atoms with Crippen molar-refractivity contribution < 1.29 is 27.1 Å². The smallest absolute Gasteiger partial charge is 0.343 e. The van der Waals surface area contributed by atoms with Crippen LogP contribution in [0.25, 0.3) is 0 Å². The molecule has 0 aliphatic heterocycles. The molecule has 0 radical (unpaired) electrons. The van der Waals surface area contributed by atoms with E-state index in [1.54, 1.807) is 48.5 Å². The van der Waals surface area contributed by atoms with Crippen molar-refractivity contribution in [1.29, 1.82) is 0 Å². The van der Waals surface area contributed by atoms with Gasteiger partial charge in [0.05, 0.1) is 16.1 Å². The van der Waals surface area contributed by atoms with Gasteiger partial charge in [-0.2, -0.15) is 4.31 Å². The van der Waals surface area contributed by atoms with Crippen LogP contribution < -0.4 is 9.04 Å². The summed E-state index contributed by atoms with van der Waals surface area (Å²) in [5.41, 5.74) is 0.525. The van der Waals surface area contributed by atoms with Crippen LogP contribution in [0, 0.1) is 5.82 Å². The van der Waals surface area contributed by atoms with Crippen LogP contribution in [0.4, 0.5) is 10.1 Å². The number of halogens is 1. The van der Waals surface area contributed by atoms with Crippen LogP contribution in [0.5, 0.6) is 5.75 Å². The highest BCUT2D eigenvalue weighted by Gasteiger charge is 2.32. The van der Waals surface area contributed by atoms with E-state index in [1.165, 1.54) is 36.4 Å². The number of anilines is 1. The molecule has 0 atom stereocenters. The summed E-state index contributed by atoms with van der Waals surface area (Å²) in [6.45, 7) is 0. The lowest BCUT2D eigenvalue weighted by Gasteiger charge is -2.23. The van der Waals surface area contributed by atoms with E-state index in [4.69, 9.17) is 4.74 Å². The topological polar surface area (TPSA) is 80.8 Å². The molecule has 0 bridgehead atoms. The Bertz CT molecular complexity index is 1410. The Morgan fingerprint density at radius 2 is 1.21 bits per heavy atom. The zero-order valence-corrected chi connectivity index (χ0v) is 18.5. The third kappa shape index (κ3) is 4.87. The highest BCUT2D eigenvalue weighted by atomic mass is 32.2.